The molecule has 8 heteroatoms. The van der Waals surface area contributed by atoms with E-state index in [0.29, 0.717) is 19.4 Å². The summed E-state index contributed by atoms with van der Waals surface area (Å²) in [6, 6.07) is 15.3. The Kier molecular flexibility index (Phi) is 5.95. The lowest BCUT2D eigenvalue weighted by molar-refractivity contribution is -0.269. The Morgan fingerprint density at radius 2 is 1.24 bits per heavy atom. The molecule has 2 aromatic rings. The fourth-order valence-corrected chi connectivity index (χ4v) is 6.16. The van der Waals surface area contributed by atoms with Gasteiger partial charge in [0.2, 0.25) is 0 Å². The first kappa shape index (κ1) is 24.0. The fraction of sp³-hybridized carbons (Fsp3) is 0.462. The fourth-order valence-electron chi connectivity index (χ4n) is 5.63. The van der Waals surface area contributed by atoms with Crippen LogP contribution in [0.2, 0.25) is 0 Å². The van der Waals surface area contributed by atoms with Crippen LogP contribution >= 0.6 is 31.9 Å². The maximum Gasteiger partial charge on any atom is 0.328 e. The third-order valence-electron chi connectivity index (χ3n) is 7.02. The van der Waals surface area contributed by atoms with Crippen molar-refractivity contribution in [1.82, 2.24) is 0 Å². The molecule has 2 spiro atoms. The standard InChI is InChI=1S/C26H26Br2O6/c1-15-14-31-25(32-15)12-20(16-4-8-18(27)9-5-16)26(22(29)33-24(2,3)34-23(26)30)21(13-25)17-6-10-19(28)11-7-17/h4-11,15,20-21H,12-14H2,1-3H3/t15-,20-,21+,25?/m0/s1. The molecule has 0 aromatic heterocycles. The molecule has 4 atom stereocenters. The number of esters is 2. The number of rotatable bonds is 2. The average molecular weight is 594 g/mol. The molecule has 0 amide bonds. The van der Waals surface area contributed by atoms with Crippen molar-refractivity contribution in [2.24, 2.45) is 5.41 Å². The highest BCUT2D eigenvalue weighted by atomic mass is 79.9. The van der Waals surface area contributed by atoms with Crippen LogP contribution in [-0.4, -0.2) is 36.2 Å². The topological polar surface area (TPSA) is 71.1 Å². The lowest BCUT2D eigenvalue weighted by atomic mass is 9.54. The van der Waals surface area contributed by atoms with Gasteiger partial charge in [0, 0.05) is 47.5 Å². The van der Waals surface area contributed by atoms with E-state index in [4.69, 9.17) is 18.9 Å². The quantitative estimate of drug-likeness (QED) is 0.322. The Balaban J connectivity index is 1.73. The van der Waals surface area contributed by atoms with Gasteiger partial charge in [0.25, 0.3) is 5.79 Å². The number of hydrogen-bond acceptors (Lipinski definition) is 6. The molecule has 1 unspecified atom stereocenters. The third-order valence-corrected chi connectivity index (χ3v) is 8.08. The zero-order valence-corrected chi connectivity index (χ0v) is 22.3. The normalized spacial score (nSPS) is 32.0. The summed E-state index contributed by atoms with van der Waals surface area (Å²) in [6.07, 6.45) is 0.571. The summed E-state index contributed by atoms with van der Waals surface area (Å²) in [6.45, 7) is 5.57. The summed E-state index contributed by atoms with van der Waals surface area (Å²) in [4.78, 5) is 27.9. The van der Waals surface area contributed by atoms with Crippen molar-refractivity contribution in [3.05, 3.63) is 68.6 Å². The predicted octanol–water partition coefficient (Wildman–Crippen LogP) is 5.83. The molecule has 3 aliphatic rings. The van der Waals surface area contributed by atoms with E-state index in [1.54, 1.807) is 13.8 Å². The lowest BCUT2D eigenvalue weighted by Crippen LogP contribution is -2.63. The second-order valence-electron chi connectivity index (χ2n) is 9.81. The molecule has 180 valence electrons. The smallest absolute Gasteiger partial charge is 0.328 e. The predicted molar refractivity (Wildman–Crippen MR) is 131 cm³/mol. The van der Waals surface area contributed by atoms with Crippen molar-refractivity contribution in [1.29, 1.82) is 0 Å². The maximum absolute atomic E-state index is 13.9. The van der Waals surface area contributed by atoms with Gasteiger partial charge in [-0.05, 0) is 42.3 Å². The average Bonchev–Trinajstić information content (AvgIpc) is 3.12. The number of ether oxygens (including phenoxy) is 4. The number of benzene rings is 2. The van der Waals surface area contributed by atoms with Crippen LogP contribution in [0.5, 0.6) is 0 Å². The van der Waals surface area contributed by atoms with Crippen LogP contribution in [0.4, 0.5) is 0 Å². The molecule has 34 heavy (non-hydrogen) atoms. The molecular weight excluding hydrogens is 568 g/mol. The first-order valence-corrected chi connectivity index (χ1v) is 12.9. The minimum atomic E-state index is -1.58. The van der Waals surface area contributed by atoms with Crippen LogP contribution in [-0.2, 0) is 28.5 Å². The lowest BCUT2D eigenvalue weighted by Gasteiger charge is -2.54. The van der Waals surface area contributed by atoms with Gasteiger partial charge in [-0.25, -0.2) is 0 Å². The van der Waals surface area contributed by atoms with Crippen molar-refractivity contribution in [3.8, 4) is 0 Å². The van der Waals surface area contributed by atoms with Gasteiger partial charge in [-0.2, -0.15) is 0 Å². The Labute approximate surface area is 215 Å². The number of halogens is 2. The van der Waals surface area contributed by atoms with Gasteiger partial charge in [-0.1, -0.05) is 56.1 Å². The molecular formula is C26H26Br2O6. The molecule has 1 saturated carbocycles. The molecule has 3 fully saturated rings. The first-order valence-electron chi connectivity index (χ1n) is 11.3. The highest BCUT2D eigenvalue weighted by molar-refractivity contribution is 9.10. The van der Waals surface area contributed by atoms with Gasteiger partial charge < -0.3 is 18.9 Å². The van der Waals surface area contributed by atoms with E-state index in [-0.39, 0.29) is 6.10 Å². The molecule has 0 bridgehead atoms. The molecule has 6 nitrogen and oxygen atoms in total. The summed E-state index contributed by atoms with van der Waals surface area (Å²) in [5.41, 5.74) is 0.0653. The highest BCUT2D eigenvalue weighted by Crippen LogP contribution is 2.62. The number of carbonyl (C=O) groups excluding carboxylic acids is 2. The van der Waals surface area contributed by atoms with Crippen molar-refractivity contribution in [2.75, 3.05) is 6.61 Å². The van der Waals surface area contributed by atoms with E-state index < -0.39 is 40.8 Å². The largest absolute Gasteiger partial charge is 0.422 e. The van der Waals surface area contributed by atoms with Crippen LogP contribution in [0.1, 0.15) is 56.6 Å². The van der Waals surface area contributed by atoms with Crippen molar-refractivity contribution in [2.45, 2.75) is 63.1 Å². The zero-order chi connectivity index (χ0) is 24.3. The number of cyclic esters (lactones) is 2. The van der Waals surface area contributed by atoms with E-state index in [1.165, 1.54) is 0 Å². The Morgan fingerprint density at radius 1 is 0.794 bits per heavy atom. The van der Waals surface area contributed by atoms with Gasteiger partial charge in [0.1, 0.15) is 0 Å². The summed E-state index contributed by atoms with van der Waals surface area (Å²) in [5, 5.41) is 0. The number of carbonyl (C=O) groups is 2. The van der Waals surface area contributed by atoms with Crippen molar-refractivity contribution in [3.63, 3.8) is 0 Å². The molecule has 2 saturated heterocycles. The maximum atomic E-state index is 13.9. The first-order chi connectivity index (χ1) is 16.0. The van der Waals surface area contributed by atoms with E-state index in [9.17, 15) is 9.59 Å². The van der Waals surface area contributed by atoms with Crippen molar-refractivity contribution >= 4 is 43.8 Å². The SMILES string of the molecule is C[C@H]1COC2(C[C@H](c3ccc(Br)cc3)C3(C(=O)OC(C)(C)OC3=O)[C@H](c3ccc(Br)cc3)C2)O1. The minimum absolute atomic E-state index is 0.0885. The Morgan fingerprint density at radius 3 is 1.62 bits per heavy atom. The van der Waals surface area contributed by atoms with Gasteiger partial charge >= 0.3 is 11.9 Å². The van der Waals surface area contributed by atoms with E-state index in [2.05, 4.69) is 31.9 Å². The van der Waals surface area contributed by atoms with Crippen LogP contribution < -0.4 is 0 Å². The minimum Gasteiger partial charge on any atom is -0.422 e. The van der Waals surface area contributed by atoms with E-state index in [1.807, 2.05) is 55.5 Å². The molecule has 2 aliphatic heterocycles. The summed E-state index contributed by atoms with van der Waals surface area (Å²) >= 11 is 6.96. The second kappa shape index (κ2) is 8.43. The third kappa shape index (κ3) is 3.92. The molecule has 1 aliphatic carbocycles. The second-order valence-corrected chi connectivity index (χ2v) is 11.6. The molecule has 2 aromatic carbocycles. The van der Waals surface area contributed by atoms with Gasteiger partial charge in [-0.15, -0.1) is 0 Å². The molecule has 0 radical (unpaired) electrons. The van der Waals surface area contributed by atoms with Crippen molar-refractivity contribution < 1.29 is 28.5 Å². The summed E-state index contributed by atoms with van der Waals surface area (Å²) in [5.74, 6) is -4.56. The van der Waals surface area contributed by atoms with Crippen LogP contribution in [0.15, 0.2) is 57.5 Å². The van der Waals surface area contributed by atoms with Gasteiger partial charge in [-0.3, -0.25) is 9.59 Å². The summed E-state index contributed by atoms with van der Waals surface area (Å²) in [7, 11) is 0. The highest BCUT2D eigenvalue weighted by Gasteiger charge is 2.70. The van der Waals surface area contributed by atoms with Gasteiger partial charge in [0.15, 0.2) is 11.2 Å². The summed E-state index contributed by atoms with van der Waals surface area (Å²) < 4.78 is 25.9. The van der Waals surface area contributed by atoms with Gasteiger partial charge in [0.05, 0.1) is 12.7 Å². The molecule has 5 rings (SSSR count). The van der Waals surface area contributed by atoms with E-state index >= 15 is 0 Å². The van der Waals surface area contributed by atoms with Crippen LogP contribution in [0.3, 0.4) is 0 Å². The molecule has 0 N–H and O–H groups in total. The van der Waals surface area contributed by atoms with E-state index in [0.717, 1.165) is 20.1 Å². The monoisotopic (exact) mass is 592 g/mol. The number of hydrogen-bond donors (Lipinski definition) is 0. The van der Waals surface area contributed by atoms with Crippen LogP contribution in [0.25, 0.3) is 0 Å². The molecule has 2 heterocycles. The zero-order valence-electron chi connectivity index (χ0n) is 19.2. The Bertz CT molecular complexity index is 1030. The van der Waals surface area contributed by atoms with Crippen LogP contribution in [0, 0.1) is 5.41 Å². The Hall–Kier alpha value is -1.74.